The van der Waals surface area contributed by atoms with Crippen molar-refractivity contribution in [1.29, 1.82) is 0 Å². The smallest absolute Gasteiger partial charge is 0.128 e. The van der Waals surface area contributed by atoms with Gasteiger partial charge in [0.1, 0.15) is 5.82 Å². The van der Waals surface area contributed by atoms with Crippen LogP contribution in [0.25, 0.3) is 0 Å². The number of rotatable bonds is 3. The van der Waals surface area contributed by atoms with Gasteiger partial charge in [-0.1, -0.05) is 22.0 Å². The molecule has 0 bridgehead atoms. The summed E-state index contributed by atoms with van der Waals surface area (Å²) in [7, 11) is 0. The molecule has 0 radical (unpaired) electrons. The fourth-order valence-corrected chi connectivity index (χ4v) is 2.58. The van der Waals surface area contributed by atoms with Crippen molar-refractivity contribution in [3.63, 3.8) is 0 Å². The summed E-state index contributed by atoms with van der Waals surface area (Å²) in [6, 6.07) is 6.04. The summed E-state index contributed by atoms with van der Waals surface area (Å²) in [6.45, 7) is 0.596. The van der Waals surface area contributed by atoms with Crippen molar-refractivity contribution in [2.24, 2.45) is 5.73 Å². The minimum absolute atomic E-state index is 0.153. The summed E-state index contributed by atoms with van der Waals surface area (Å²) >= 11 is 3.26. The fraction of sp³-hybridized carbons (Fsp3) is 0.538. The Morgan fingerprint density at radius 2 is 2.00 bits per heavy atom. The van der Waals surface area contributed by atoms with Gasteiger partial charge in [-0.05, 0) is 37.8 Å². The first-order valence-corrected chi connectivity index (χ1v) is 6.87. The average molecular weight is 301 g/mol. The zero-order valence-corrected chi connectivity index (χ0v) is 11.3. The quantitative estimate of drug-likeness (QED) is 0.901. The maximum Gasteiger partial charge on any atom is 0.128 e. The molecule has 0 amide bonds. The van der Waals surface area contributed by atoms with E-state index in [0.29, 0.717) is 18.6 Å². The van der Waals surface area contributed by atoms with E-state index in [1.807, 2.05) is 12.1 Å². The minimum Gasteiger partial charge on any atom is -0.328 e. The molecule has 0 aromatic heterocycles. The molecule has 0 spiro atoms. The molecule has 1 aliphatic carbocycles. The molecule has 2 rings (SSSR count). The first kappa shape index (κ1) is 13.0. The van der Waals surface area contributed by atoms with Crippen LogP contribution in [0.1, 0.15) is 31.2 Å². The third-order valence-electron chi connectivity index (χ3n) is 3.37. The minimum atomic E-state index is -0.153. The van der Waals surface area contributed by atoms with Crippen molar-refractivity contribution in [3.05, 3.63) is 34.1 Å². The van der Waals surface area contributed by atoms with E-state index in [2.05, 4.69) is 21.2 Å². The second-order valence-corrected chi connectivity index (χ2v) is 5.64. The molecule has 0 heterocycles. The fourth-order valence-electron chi connectivity index (χ4n) is 2.24. The molecule has 0 atom stereocenters. The highest BCUT2D eigenvalue weighted by Gasteiger charge is 2.18. The van der Waals surface area contributed by atoms with Crippen LogP contribution in [0.4, 0.5) is 4.39 Å². The van der Waals surface area contributed by atoms with Gasteiger partial charge in [-0.3, -0.25) is 0 Å². The first-order valence-electron chi connectivity index (χ1n) is 6.08. The van der Waals surface area contributed by atoms with E-state index in [4.69, 9.17) is 5.73 Å². The molecule has 2 nitrogen and oxygen atoms in total. The van der Waals surface area contributed by atoms with E-state index in [9.17, 15) is 4.39 Å². The monoisotopic (exact) mass is 300 g/mol. The molecule has 1 aliphatic rings. The Bertz CT molecular complexity index is 376. The van der Waals surface area contributed by atoms with E-state index in [0.717, 1.165) is 35.7 Å². The van der Waals surface area contributed by atoms with Crippen LogP contribution in [-0.2, 0) is 6.54 Å². The molecule has 0 aliphatic heterocycles. The van der Waals surface area contributed by atoms with Crippen molar-refractivity contribution < 1.29 is 4.39 Å². The molecule has 1 fully saturated rings. The molecule has 94 valence electrons. The van der Waals surface area contributed by atoms with E-state index in [-0.39, 0.29) is 5.82 Å². The topological polar surface area (TPSA) is 38.0 Å². The number of hydrogen-bond acceptors (Lipinski definition) is 2. The van der Waals surface area contributed by atoms with Crippen molar-refractivity contribution in [3.8, 4) is 0 Å². The van der Waals surface area contributed by atoms with Crippen LogP contribution >= 0.6 is 15.9 Å². The average Bonchev–Trinajstić information content (AvgIpc) is 2.30. The third-order valence-corrected chi connectivity index (χ3v) is 3.86. The third kappa shape index (κ3) is 3.76. The van der Waals surface area contributed by atoms with Gasteiger partial charge in [0.05, 0.1) is 0 Å². The second-order valence-electron chi connectivity index (χ2n) is 4.73. The van der Waals surface area contributed by atoms with Gasteiger partial charge in [0.15, 0.2) is 0 Å². The van der Waals surface area contributed by atoms with E-state index in [1.165, 1.54) is 6.07 Å². The Kier molecular flexibility index (Phi) is 4.54. The lowest BCUT2D eigenvalue weighted by molar-refractivity contribution is 0.340. The highest BCUT2D eigenvalue weighted by Crippen LogP contribution is 2.19. The van der Waals surface area contributed by atoms with Gasteiger partial charge >= 0.3 is 0 Å². The Morgan fingerprint density at radius 3 is 2.65 bits per heavy atom. The zero-order valence-electron chi connectivity index (χ0n) is 9.76. The normalized spacial score (nSPS) is 24.9. The van der Waals surface area contributed by atoms with Crippen LogP contribution in [-0.4, -0.2) is 12.1 Å². The Balaban J connectivity index is 1.85. The number of benzene rings is 1. The maximum absolute atomic E-state index is 13.6. The Morgan fingerprint density at radius 1 is 1.29 bits per heavy atom. The second kappa shape index (κ2) is 5.94. The van der Waals surface area contributed by atoms with E-state index >= 15 is 0 Å². The molecule has 4 heteroatoms. The van der Waals surface area contributed by atoms with Crippen LogP contribution in [0.5, 0.6) is 0 Å². The van der Waals surface area contributed by atoms with Gasteiger partial charge in [-0.15, -0.1) is 0 Å². The molecule has 17 heavy (non-hydrogen) atoms. The molecular weight excluding hydrogens is 283 g/mol. The van der Waals surface area contributed by atoms with Crippen molar-refractivity contribution in [2.45, 2.75) is 44.3 Å². The summed E-state index contributed by atoms with van der Waals surface area (Å²) in [5, 5.41) is 3.41. The van der Waals surface area contributed by atoms with Crippen LogP contribution in [0.15, 0.2) is 22.7 Å². The number of nitrogens with one attached hydrogen (secondary N) is 1. The lowest BCUT2D eigenvalue weighted by Crippen LogP contribution is -2.37. The molecule has 0 unspecified atom stereocenters. The zero-order chi connectivity index (χ0) is 12.3. The Hall–Kier alpha value is -0.450. The summed E-state index contributed by atoms with van der Waals surface area (Å²) in [5.74, 6) is -0.153. The van der Waals surface area contributed by atoms with Crippen molar-refractivity contribution in [2.75, 3.05) is 0 Å². The lowest BCUT2D eigenvalue weighted by atomic mass is 9.92. The highest BCUT2D eigenvalue weighted by molar-refractivity contribution is 9.10. The molecule has 3 N–H and O–H groups in total. The predicted octanol–water partition coefficient (Wildman–Crippen LogP) is 2.95. The van der Waals surface area contributed by atoms with Crippen molar-refractivity contribution in [1.82, 2.24) is 5.32 Å². The van der Waals surface area contributed by atoms with Crippen LogP contribution in [0, 0.1) is 5.82 Å². The SMILES string of the molecule is NC1CCC(NCc2ccc(Br)cc2F)CC1. The van der Waals surface area contributed by atoms with Gasteiger partial charge in [0, 0.05) is 28.7 Å². The molecule has 1 saturated carbocycles. The van der Waals surface area contributed by atoms with Gasteiger partial charge in [-0.25, -0.2) is 4.39 Å². The number of halogens is 2. The van der Waals surface area contributed by atoms with Crippen LogP contribution in [0.2, 0.25) is 0 Å². The van der Waals surface area contributed by atoms with E-state index < -0.39 is 0 Å². The van der Waals surface area contributed by atoms with Gasteiger partial charge in [-0.2, -0.15) is 0 Å². The highest BCUT2D eigenvalue weighted by atomic mass is 79.9. The summed E-state index contributed by atoms with van der Waals surface area (Å²) in [5.41, 5.74) is 6.58. The van der Waals surface area contributed by atoms with E-state index in [1.54, 1.807) is 0 Å². The number of nitrogens with two attached hydrogens (primary N) is 1. The summed E-state index contributed by atoms with van der Waals surface area (Å²) < 4.78 is 14.4. The Labute approximate surface area is 110 Å². The van der Waals surface area contributed by atoms with Crippen molar-refractivity contribution >= 4 is 15.9 Å². The van der Waals surface area contributed by atoms with Crippen LogP contribution in [0.3, 0.4) is 0 Å². The summed E-state index contributed by atoms with van der Waals surface area (Å²) in [6.07, 6.45) is 4.33. The molecular formula is C13H18BrFN2. The largest absolute Gasteiger partial charge is 0.328 e. The molecule has 1 aromatic carbocycles. The molecule has 0 saturated heterocycles. The standard InChI is InChI=1S/C13H18BrFN2/c14-10-2-1-9(13(15)7-10)8-17-12-5-3-11(16)4-6-12/h1-2,7,11-12,17H,3-6,8,16H2. The maximum atomic E-state index is 13.6. The summed E-state index contributed by atoms with van der Waals surface area (Å²) in [4.78, 5) is 0. The lowest BCUT2D eigenvalue weighted by Gasteiger charge is -2.27. The van der Waals surface area contributed by atoms with Gasteiger partial charge < -0.3 is 11.1 Å². The molecule has 1 aromatic rings. The first-order chi connectivity index (χ1) is 8.15. The van der Waals surface area contributed by atoms with Crippen LogP contribution < -0.4 is 11.1 Å². The predicted molar refractivity (Wildman–Crippen MR) is 71.2 cm³/mol. The number of hydrogen-bond donors (Lipinski definition) is 2. The van der Waals surface area contributed by atoms with Gasteiger partial charge in [0.2, 0.25) is 0 Å². The van der Waals surface area contributed by atoms with Gasteiger partial charge in [0.25, 0.3) is 0 Å².